The zero-order chi connectivity index (χ0) is 14.7. The molecule has 0 bridgehead atoms. The quantitative estimate of drug-likeness (QED) is 0.900. The minimum absolute atomic E-state index is 0.00881. The molecule has 5 nitrogen and oxygen atoms in total. The fraction of sp³-hybridized carbons (Fsp3) is 0.533. The van der Waals surface area contributed by atoms with Crippen LogP contribution < -0.4 is 5.32 Å². The van der Waals surface area contributed by atoms with Crippen LogP contribution >= 0.6 is 0 Å². The maximum atomic E-state index is 12.4. The van der Waals surface area contributed by atoms with Crippen molar-refractivity contribution in [3.05, 3.63) is 29.6 Å². The number of nitrogens with zero attached hydrogens (tertiary/aromatic N) is 2. The van der Waals surface area contributed by atoms with Gasteiger partial charge in [0.2, 0.25) is 11.8 Å². The largest absolute Gasteiger partial charge is 0.343 e. The van der Waals surface area contributed by atoms with Crippen molar-refractivity contribution in [1.82, 2.24) is 15.2 Å². The molecule has 1 fully saturated rings. The van der Waals surface area contributed by atoms with Crippen LogP contribution in [0.4, 0.5) is 0 Å². The lowest BCUT2D eigenvalue weighted by Gasteiger charge is -2.33. The first-order valence-electron chi connectivity index (χ1n) is 6.95. The predicted octanol–water partition coefficient (Wildman–Crippen LogP) is 1.26. The Morgan fingerprint density at radius 3 is 2.85 bits per heavy atom. The van der Waals surface area contributed by atoms with Crippen LogP contribution in [-0.2, 0) is 16.1 Å². The second-order valence-electron chi connectivity index (χ2n) is 5.75. The van der Waals surface area contributed by atoms with Gasteiger partial charge in [-0.3, -0.25) is 14.6 Å². The fourth-order valence-electron chi connectivity index (χ4n) is 2.42. The third-order valence-electron chi connectivity index (χ3n) is 3.48. The molecule has 5 heteroatoms. The van der Waals surface area contributed by atoms with E-state index >= 15 is 0 Å². The number of nitrogens with one attached hydrogen (secondary N) is 1. The minimum atomic E-state index is -0.390. The van der Waals surface area contributed by atoms with Crippen LogP contribution in [0.3, 0.4) is 0 Å². The molecular formula is C15H21N3O2. The highest BCUT2D eigenvalue weighted by Crippen LogP contribution is 2.15. The van der Waals surface area contributed by atoms with Crippen molar-refractivity contribution in [3.63, 3.8) is 0 Å². The number of aromatic nitrogens is 1. The molecular weight excluding hydrogens is 254 g/mol. The molecule has 0 aliphatic carbocycles. The second kappa shape index (κ2) is 6.03. The summed E-state index contributed by atoms with van der Waals surface area (Å²) in [5.74, 6) is 0.295. The summed E-state index contributed by atoms with van der Waals surface area (Å²) in [7, 11) is 0. The van der Waals surface area contributed by atoms with E-state index < -0.39 is 6.04 Å². The number of amides is 2. The molecule has 1 aromatic rings. The van der Waals surface area contributed by atoms with E-state index in [0.29, 0.717) is 18.9 Å². The van der Waals surface area contributed by atoms with Crippen molar-refractivity contribution in [1.29, 1.82) is 0 Å². The van der Waals surface area contributed by atoms with Gasteiger partial charge in [0.1, 0.15) is 6.04 Å². The Hall–Kier alpha value is -1.91. The number of carbonyl (C=O) groups is 2. The Morgan fingerprint density at radius 2 is 2.20 bits per heavy atom. The summed E-state index contributed by atoms with van der Waals surface area (Å²) in [6.07, 6.45) is 4.16. The zero-order valence-corrected chi connectivity index (χ0v) is 12.2. The van der Waals surface area contributed by atoms with Crippen molar-refractivity contribution >= 4 is 11.8 Å². The molecule has 1 atom stereocenters. The van der Waals surface area contributed by atoms with E-state index in [4.69, 9.17) is 0 Å². The Kier molecular flexibility index (Phi) is 4.37. The van der Waals surface area contributed by atoms with Crippen molar-refractivity contribution in [2.75, 3.05) is 6.54 Å². The lowest BCUT2D eigenvalue weighted by atomic mass is 10.0. The van der Waals surface area contributed by atoms with Crippen LogP contribution in [0.2, 0.25) is 0 Å². The van der Waals surface area contributed by atoms with Gasteiger partial charge in [0.05, 0.1) is 6.54 Å². The molecule has 108 valence electrons. The molecule has 0 radical (unpaired) electrons. The number of aryl methyl sites for hydroxylation is 1. The van der Waals surface area contributed by atoms with Gasteiger partial charge >= 0.3 is 0 Å². The van der Waals surface area contributed by atoms with Crippen LogP contribution in [0.5, 0.6) is 0 Å². The molecule has 2 rings (SSSR count). The molecule has 1 aromatic heterocycles. The highest BCUT2D eigenvalue weighted by atomic mass is 16.2. The van der Waals surface area contributed by atoms with Crippen LogP contribution in [0.15, 0.2) is 18.5 Å². The molecule has 1 aliphatic heterocycles. The highest BCUT2D eigenvalue weighted by molar-refractivity contribution is 5.94. The molecule has 0 aromatic carbocycles. The Morgan fingerprint density at radius 1 is 1.45 bits per heavy atom. The lowest BCUT2D eigenvalue weighted by Crippen LogP contribution is -2.57. The predicted molar refractivity (Wildman–Crippen MR) is 75.8 cm³/mol. The van der Waals surface area contributed by atoms with E-state index in [2.05, 4.69) is 10.3 Å². The SMILES string of the molecule is Cc1cnccc1CN1CC(=O)NC(CC(C)C)C1=O. The summed E-state index contributed by atoms with van der Waals surface area (Å²) >= 11 is 0. The molecule has 20 heavy (non-hydrogen) atoms. The third kappa shape index (κ3) is 3.35. The van der Waals surface area contributed by atoms with Gasteiger partial charge in [-0.2, -0.15) is 0 Å². The van der Waals surface area contributed by atoms with Crippen LogP contribution in [0.25, 0.3) is 0 Å². The van der Waals surface area contributed by atoms with Gasteiger partial charge in [-0.05, 0) is 36.5 Å². The highest BCUT2D eigenvalue weighted by Gasteiger charge is 2.32. The van der Waals surface area contributed by atoms with Gasteiger partial charge in [0.15, 0.2) is 0 Å². The minimum Gasteiger partial charge on any atom is -0.343 e. The summed E-state index contributed by atoms with van der Waals surface area (Å²) in [6, 6.07) is 1.51. The van der Waals surface area contributed by atoms with Gasteiger partial charge < -0.3 is 10.2 Å². The third-order valence-corrected chi connectivity index (χ3v) is 3.48. The van der Waals surface area contributed by atoms with E-state index in [1.54, 1.807) is 17.3 Å². The topological polar surface area (TPSA) is 62.3 Å². The zero-order valence-electron chi connectivity index (χ0n) is 12.2. The first-order chi connectivity index (χ1) is 9.47. The number of hydrogen-bond donors (Lipinski definition) is 1. The number of piperazine rings is 1. The number of carbonyl (C=O) groups excluding carboxylic acids is 2. The first kappa shape index (κ1) is 14.5. The molecule has 2 heterocycles. The lowest BCUT2D eigenvalue weighted by molar-refractivity contribution is -0.145. The van der Waals surface area contributed by atoms with Crippen molar-refractivity contribution in [2.45, 2.75) is 39.8 Å². The summed E-state index contributed by atoms with van der Waals surface area (Å²) in [4.78, 5) is 29.9. The maximum absolute atomic E-state index is 12.4. The van der Waals surface area contributed by atoms with Gasteiger partial charge in [-0.1, -0.05) is 13.8 Å². The van der Waals surface area contributed by atoms with Crippen molar-refractivity contribution in [2.24, 2.45) is 5.92 Å². The van der Waals surface area contributed by atoms with E-state index in [1.807, 2.05) is 26.8 Å². The standard InChI is InChI=1S/C15H21N3O2/c1-10(2)6-13-15(20)18(9-14(19)17-13)8-12-4-5-16-7-11(12)3/h4-5,7,10,13H,6,8-9H2,1-3H3,(H,17,19). The van der Waals surface area contributed by atoms with Crippen LogP contribution in [-0.4, -0.2) is 34.3 Å². The average Bonchev–Trinajstić information content (AvgIpc) is 2.37. The van der Waals surface area contributed by atoms with Crippen molar-refractivity contribution in [3.8, 4) is 0 Å². The van der Waals surface area contributed by atoms with E-state index in [-0.39, 0.29) is 18.4 Å². The van der Waals surface area contributed by atoms with Crippen LogP contribution in [0.1, 0.15) is 31.4 Å². The molecule has 0 saturated carbocycles. The molecule has 1 aliphatic rings. The molecule has 0 spiro atoms. The van der Waals surface area contributed by atoms with Gasteiger partial charge in [0.25, 0.3) is 0 Å². The van der Waals surface area contributed by atoms with E-state index in [0.717, 1.165) is 11.1 Å². The molecule has 1 saturated heterocycles. The average molecular weight is 275 g/mol. The normalized spacial score (nSPS) is 19.4. The van der Waals surface area contributed by atoms with Gasteiger partial charge in [-0.15, -0.1) is 0 Å². The second-order valence-corrected chi connectivity index (χ2v) is 5.75. The monoisotopic (exact) mass is 275 g/mol. The number of hydrogen-bond acceptors (Lipinski definition) is 3. The van der Waals surface area contributed by atoms with Crippen LogP contribution in [0, 0.1) is 12.8 Å². The number of rotatable bonds is 4. The maximum Gasteiger partial charge on any atom is 0.245 e. The summed E-state index contributed by atoms with van der Waals surface area (Å²) in [5, 5.41) is 2.79. The summed E-state index contributed by atoms with van der Waals surface area (Å²) in [6.45, 7) is 6.66. The Labute approximate surface area is 119 Å². The summed E-state index contributed by atoms with van der Waals surface area (Å²) in [5.41, 5.74) is 2.07. The molecule has 2 amide bonds. The molecule has 1 N–H and O–H groups in total. The Balaban J connectivity index is 2.12. The summed E-state index contributed by atoms with van der Waals surface area (Å²) < 4.78 is 0. The van der Waals surface area contributed by atoms with E-state index in [9.17, 15) is 9.59 Å². The smallest absolute Gasteiger partial charge is 0.245 e. The van der Waals surface area contributed by atoms with Crippen molar-refractivity contribution < 1.29 is 9.59 Å². The van der Waals surface area contributed by atoms with E-state index in [1.165, 1.54) is 0 Å². The first-order valence-corrected chi connectivity index (χ1v) is 6.95. The van der Waals surface area contributed by atoms with Gasteiger partial charge in [-0.25, -0.2) is 0 Å². The fourth-order valence-corrected chi connectivity index (χ4v) is 2.42. The Bertz CT molecular complexity index is 514. The van der Waals surface area contributed by atoms with Gasteiger partial charge in [0, 0.05) is 18.9 Å². The number of pyridine rings is 1. The molecule has 1 unspecified atom stereocenters.